The van der Waals surface area contributed by atoms with Crippen molar-refractivity contribution < 1.29 is 18.0 Å². The molecule has 1 unspecified atom stereocenters. The Hall–Kier alpha value is -1.14. The molecule has 1 aromatic carbocycles. The Morgan fingerprint density at radius 1 is 1.21 bits per heavy atom. The number of hydrogen-bond donors (Lipinski definition) is 0. The third kappa shape index (κ3) is 4.09. The monoisotopic (exact) mass is 368 g/mol. The normalized spacial score (nSPS) is 23.2. The molecule has 132 valence electrons. The van der Waals surface area contributed by atoms with Gasteiger partial charge in [-0.15, -0.1) is 0 Å². The second-order valence-electron chi connectivity index (χ2n) is 7.27. The predicted octanol–water partition coefficient (Wildman–Crippen LogP) is 3.50. The fourth-order valence-electron chi connectivity index (χ4n) is 3.08. The maximum absolute atomic E-state index is 12.9. The molecule has 0 saturated heterocycles. The van der Waals surface area contributed by atoms with Crippen LogP contribution in [-0.2, 0) is 19.4 Å². The number of Topliss-reactive ketones (excluding diaryl/α,β-unsaturated/α-hetero) is 1. The van der Waals surface area contributed by atoms with Crippen LogP contribution in [0.1, 0.15) is 40.5 Å². The number of rotatable bonds is 4. The van der Waals surface area contributed by atoms with E-state index >= 15 is 0 Å². The smallest absolute Gasteiger partial charge is 0.192 e. The topological polar surface area (TPSA) is 68.3 Å². The maximum atomic E-state index is 12.9. The first kappa shape index (κ1) is 19.2. The zero-order chi connectivity index (χ0) is 18.1. The van der Waals surface area contributed by atoms with Gasteiger partial charge in [0.25, 0.3) is 0 Å². The van der Waals surface area contributed by atoms with Crippen molar-refractivity contribution in [3.63, 3.8) is 0 Å². The second-order valence-corrected chi connectivity index (χ2v) is 11.2. The van der Waals surface area contributed by atoms with E-state index in [9.17, 15) is 18.0 Å². The summed E-state index contributed by atoms with van der Waals surface area (Å²) in [7, 11) is -3.77. The average Bonchev–Trinajstić information content (AvgIpc) is 2.88. The van der Waals surface area contributed by atoms with E-state index in [4.69, 9.17) is 0 Å². The fourth-order valence-corrected chi connectivity index (χ4v) is 6.17. The van der Waals surface area contributed by atoms with Gasteiger partial charge >= 0.3 is 0 Å². The molecule has 0 N–H and O–H groups in total. The third-order valence-electron chi connectivity index (χ3n) is 4.26. The molecule has 3 atom stereocenters. The quantitative estimate of drug-likeness (QED) is 0.813. The van der Waals surface area contributed by atoms with Crippen LogP contribution in [0.25, 0.3) is 0 Å². The summed E-state index contributed by atoms with van der Waals surface area (Å²) in [6.07, 6.45) is 0.673. The summed E-state index contributed by atoms with van der Waals surface area (Å²) in [5, 5.41) is -1.16. The van der Waals surface area contributed by atoms with E-state index in [1.165, 1.54) is 23.9 Å². The third-order valence-corrected chi connectivity index (χ3v) is 7.65. The maximum Gasteiger partial charge on any atom is 0.192 e. The van der Waals surface area contributed by atoms with Crippen LogP contribution in [0, 0.1) is 11.8 Å². The van der Waals surface area contributed by atoms with Crippen molar-refractivity contribution >= 4 is 32.5 Å². The van der Waals surface area contributed by atoms with Crippen molar-refractivity contribution in [2.24, 2.45) is 11.8 Å². The van der Waals surface area contributed by atoms with E-state index in [1.54, 1.807) is 25.1 Å². The van der Waals surface area contributed by atoms with E-state index in [0.29, 0.717) is 6.42 Å². The van der Waals surface area contributed by atoms with Gasteiger partial charge in [0.2, 0.25) is 0 Å². The van der Waals surface area contributed by atoms with Crippen molar-refractivity contribution in [1.29, 1.82) is 0 Å². The zero-order valence-electron chi connectivity index (χ0n) is 14.5. The molecular formula is C18H24O4S2. The first-order valence-electron chi connectivity index (χ1n) is 8.08. The number of thioether (sulfide) groups is 1. The Balaban J connectivity index is 2.31. The number of carbonyl (C=O) groups excluding carboxylic acids is 2. The van der Waals surface area contributed by atoms with Crippen LogP contribution < -0.4 is 0 Å². The SMILES string of the molecule is C[C@H](C(=O)SC(C)(C)C)[C@H]1CCC(=O)C1S(=O)(=O)c1ccccc1. The molecule has 0 aromatic heterocycles. The van der Waals surface area contributed by atoms with E-state index in [0.717, 1.165) is 0 Å². The lowest BCUT2D eigenvalue weighted by Crippen LogP contribution is -2.37. The summed E-state index contributed by atoms with van der Waals surface area (Å²) >= 11 is 1.22. The van der Waals surface area contributed by atoms with Gasteiger partial charge in [0.05, 0.1) is 4.90 Å². The first-order valence-corrected chi connectivity index (χ1v) is 10.4. The lowest BCUT2D eigenvalue weighted by Gasteiger charge is -2.26. The number of sulfone groups is 1. The van der Waals surface area contributed by atoms with Crippen molar-refractivity contribution in [2.75, 3.05) is 0 Å². The summed E-state index contributed by atoms with van der Waals surface area (Å²) in [6.45, 7) is 7.58. The molecule has 0 bridgehead atoms. The van der Waals surface area contributed by atoms with Gasteiger partial charge in [0, 0.05) is 17.1 Å². The Bertz CT molecular complexity index is 717. The van der Waals surface area contributed by atoms with Gasteiger partial charge in [0.1, 0.15) is 5.25 Å². The molecule has 0 radical (unpaired) electrons. The van der Waals surface area contributed by atoms with E-state index < -0.39 is 26.9 Å². The van der Waals surface area contributed by atoms with E-state index in [2.05, 4.69) is 0 Å². The number of hydrogen-bond acceptors (Lipinski definition) is 5. The number of benzene rings is 1. The molecule has 1 saturated carbocycles. The van der Waals surface area contributed by atoms with Gasteiger partial charge in [-0.2, -0.15) is 0 Å². The summed E-state index contributed by atoms with van der Waals surface area (Å²) in [5.41, 5.74) is 0. The van der Waals surface area contributed by atoms with Crippen LogP contribution >= 0.6 is 11.8 Å². The van der Waals surface area contributed by atoms with Crippen molar-refractivity contribution in [1.82, 2.24) is 0 Å². The van der Waals surface area contributed by atoms with Crippen LogP contribution in [0.4, 0.5) is 0 Å². The second kappa shape index (κ2) is 7.00. The van der Waals surface area contributed by atoms with E-state index in [-0.39, 0.29) is 27.0 Å². The van der Waals surface area contributed by atoms with Crippen LogP contribution in [0.15, 0.2) is 35.2 Å². The molecule has 4 nitrogen and oxygen atoms in total. The molecule has 1 aliphatic rings. The summed E-state index contributed by atoms with van der Waals surface area (Å²) in [4.78, 5) is 25.0. The molecule has 6 heteroatoms. The van der Waals surface area contributed by atoms with Crippen LogP contribution in [0.5, 0.6) is 0 Å². The van der Waals surface area contributed by atoms with Gasteiger partial charge in [-0.05, 0) is 24.5 Å². The predicted molar refractivity (Wildman–Crippen MR) is 96.7 cm³/mol. The molecule has 0 heterocycles. The Morgan fingerprint density at radius 3 is 2.33 bits per heavy atom. The highest BCUT2D eigenvalue weighted by molar-refractivity contribution is 8.14. The summed E-state index contributed by atoms with van der Waals surface area (Å²) in [6, 6.07) is 8.04. The zero-order valence-corrected chi connectivity index (χ0v) is 16.1. The van der Waals surface area contributed by atoms with Crippen LogP contribution in [0.2, 0.25) is 0 Å². The van der Waals surface area contributed by atoms with Crippen molar-refractivity contribution in [2.45, 2.75) is 55.4 Å². The van der Waals surface area contributed by atoms with Crippen LogP contribution in [-0.4, -0.2) is 29.3 Å². The highest BCUT2D eigenvalue weighted by atomic mass is 32.2. The van der Waals surface area contributed by atoms with Crippen molar-refractivity contribution in [3.8, 4) is 0 Å². The molecule has 1 fully saturated rings. The Kier molecular flexibility index (Phi) is 5.60. The molecule has 2 rings (SSSR count). The summed E-state index contributed by atoms with van der Waals surface area (Å²) < 4.78 is 25.6. The molecule has 24 heavy (non-hydrogen) atoms. The Morgan fingerprint density at radius 2 is 1.79 bits per heavy atom. The van der Waals surface area contributed by atoms with Gasteiger partial charge in [-0.1, -0.05) is 57.7 Å². The standard InChI is InChI=1S/C18H24O4S2/c1-12(17(20)23-18(2,3)4)14-10-11-15(19)16(14)24(21,22)13-8-6-5-7-9-13/h5-9,12,14,16H,10-11H2,1-4H3/t12-,14+,16?/m0/s1. The summed E-state index contributed by atoms with van der Waals surface area (Å²) in [5.74, 6) is -1.20. The van der Waals surface area contributed by atoms with Gasteiger partial charge in [-0.3, -0.25) is 9.59 Å². The molecular weight excluding hydrogens is 344 g/mol. The minimum absolute atomic E-state index is 0.0459. The van der Waals surface area contributed by atoms with Crippen molar-refractivity contribution in [3.05, 3.63) is 30.3 Å². The molecule has 1 aromatic rings. The largest absolute Gasteiger partial charge is 0.298 e. The first-order chi connectivity index (χ1) is 11.0. The minimum Gasteiger partial charge on any atom is -0.298 e. The Labute approximate surface area is 148 Å². The molecule has 1 aliphatic carbocycles. The fraction of sp³-hybridized carbons (Fsp3) is 0.556. The van der Waals surface area contributed by atoms with Gasteiger partial charge < -0.3 is 0 Å². The number of carbonyl (C=O) groups is 2. The average molecular weight is 369 g/mol. The highest BCUT2D eigenvalue weighted by Gasteiger charge is 2.48. The molecule has 0 spiro atoms. The van der Waals surface area contributed by atoms with Crippen LogP contribution in [0.3, 0.4) is 0 Å². The minimum atomic E-state index is -3.77. The molecule has 0 amide bonds. The highest BCUT2D eigenvalue weighted by Crippen LogP contribution is 2.40. The lowest BCUT2D eigenvalue weighted by atomic mass is 9.93. The van der Waals surface area contributed by atoms with Gasteiger partial charge in [-0.25, -0.2) is 8.42 Å². The van der Waals surface area contributed by atoms with Gasteiger partial charge in [0.15, 0.2) is 20.7 Å². The number of ketones is 1. The molecule has 0 aliphatic heterocycles. The van der Waals surface area contributed by atoms with E-state index in [1.807, 2.05) is 20.8 Å². The lowest BCUT2D eigenvalue weighted by molar-refractivity contribution is -0.117.